The molecule has 5 heteroatoms. The van der Waals surface area contributed by atoms with E-state index in [0.717, 1.165) is 18.7 Å². The summed E-state index contributed by atoms with van der Waals surface area (Å²) in [6.45, 7) is 4.15. The number of carbonyl (C=O) groups excluding carboxylic acids is 1. The zero-order valence-corrected chi connectivity index (χ0v) is 13.7. The topological polar surface area (TPSA) is 32.3 Å². The molecule has 120 valence electrons. The first kappa shape index (κ1) is 15.8. The molecule has 0 radical (unpaired) electrons. The van der Waals surface area contributed by atoms with E-state index in [4.69, 9.17) is 11.6 Å². The standard InChI is InChI=1S/C18H18ClFN2O/c1-12-11-13(7-8-16(12)22-9-2-3-10-22)21-18(23)17-14(19)5-4-6-15(17)20/h4-8,11H,2-3,9-10H2,1H3,(H,21,23). The van der Waals surface area contributed by atoms with Crippen molar-refractivity contribution in [3.63, 3.8) is 0 Å². The predicted octanol–water partition coefficient (Wildman–Crippen LogP) is 4.64. The van der Waals surface area contributed by atoms with Gasteiger partial charge in [-0.25, -0.2) is 4.39 Å². The number of benzene rings is 2. The van der Waals surface area contributed by atoms with Crippen molar-refractivity contribution in [2.24, 2.45) is 0 Å². The van der Waals surface area contributed by atoms with Crippen LogP contribution in [-0.2, 0) is 0 Å². The van der Waals surface area contributed by atoms with Gasteiger partial charge in [0.15, 0.2) is 0 Å². The van der Waals surface area contributed by atoms with E-state index in [2.05, 4.69) is 10.2 Å². The van der Waals surface area contributed by atoms with Crippen LogP contribution in [0.15, 0.2) is 36.4 Å². The first-order valence-electron chi connectivity index (χ1n) is 7.67. The van der Waals surface area contributed by atoms with Crippen LogP contribution in [0.2, 0.25) is 5.02 Å². The molecule has 0 aliphatic carbocycles. The maximum absolute atomic E-state index is 13.8. The third-order valence-electron chi connectivity index (χ3n) is 4.09. The van der Waals surface area contributed by atoms with Crippen LogP contribution in [0.4, 0.5) is 15.8 Å². The van der Waals surface area contributed by atoms with Gasteiger partial charge in [0, 0.05) is 24.5 Å². The lowest BCUT2D eigenvalue weighted by Crippen LogP contribution is -2.19. The van der Waals surface area contributed by atoms with Gasteiger partial charge in [-0.05, 0) is 55.7 Å². The minimum Gasteiger partial charge on any atom is -0.371 e. The van der Waals surface area contributed by atoms with E-state index < -0.39 is 11.7 Å². The van der Waals surface area contributed by atoms with E-state index in [1.54, 1.807) is 0 Å². The largest absolute Gasteiger partial charge is 0.371 e. The van der Waals surface area contributed by atoms with Crippen molar-refractivity contribution in [3.8, 4) is 0 Å². The quantitative estimate of drug-likeness (QED) is 0.888. The van der Waals surface area contributed by atoms with Crippen molar-refractivity contribution in [2.45, 2.75) is 19.8 Å². The molecule has 2 aromatic rings. The van der Waals surface area contributed by atoms with Crippen molar-refractivity contribution in [1.82, 2.24) is 0 Å². The second-order valence-corrected chi connectivity index (χ2v) is 6.15. The van der Waals surface area contributed by atoms with Crippen LogP contribution in [-0.4, -0.2) is 19.0 Å². The molecule has 1 amide bonds. The third-order valence-corrected chi connectivity index (χ3v) is 4.41. The van der Waals surface area contributed by atoms with Gasteiger partial charge in [0.05, 0.1) is 10.6 Å². The zero-order chi connectivity index (χ0) is 16.4. The number of aryl methyl sites for hydroxylation is 1. The summed E-state index contributed by atoms with van der Waals surface area (Å²) in [5.74, 6) is -1.16. The molecule has 1 fully saturated rings. The molecule has 0 atom stereocenters. The number of anilines is 2. The number of hydrogen-bond acceptors (Lipinski definition) is 2. The van der Waals surface area contributed by atoms with Crippen LogP contribution >= 0.6 is 11.6 Å². The number of halogens is 2. The van der Waals surface area contributed by atoms with Gasteiger partial charge < -0.3 is 10.2 Å². The molecule has 2 aromatic carbocycles. The summed E-state index contributed by atoms with van der Waals surface area (Å²) in [7, 11) is 0. The fraction of sp³-hybridized carbons (Fsp3) is 0.278. The molecule has 0 spiro atoms. The Kier molecular flexibility index (Phi) is 4.53. The van der Waals surface area contributed by atoms with Crippen molar-refractivity contribution >= 4 is 28.9 Å². The molecule has 1 aliphatic heterocycles. The van der Waals surface area contributed by atoms with Gasteiger partial charge in [0.2, 0.25) is 0 Å². The average molecular weight is 333 g/mol. The minimum atomic E-state index is -0.625. The lowest BCUT2D eigenvalue weighted by molar-refractivity contribution is 0.102. The first-order valence-corrected chi connectivity index (χ1v) is 8.05. The number of nitrogens with zero attached hydrogens (tertiary/aromatic N) is 1. The smallest absolute Gasteiger partial charge is 0.260 e. The van der Waals surface area contributed by atoms with E-state index in [1.165, 1.54) is 36.7 Å². The van der Waals surface area contributed by atoms with Crippen LogP contribution < -0.4 is 10.2 Å². The van der Waals surface area contributed by atoms with E-state index >= 15 is 0 Å². The Labute approximate surface area is 140 Å². The summed E-state index contributed by atoms with van der Waals surface area (Å²) in [5.41, 5.74) is 2.78. The van der Waals surface area contributed by atoms with Gasteiger partial charge in [0.25, 0.3) is 5.91 Å². The minimum absolute atomic E-state index is 0.105. The Hall–Kier alpha value is -2.07. The Morgan fingerprint density at radius 2 is 1.96 bits per heavy atom. The molecule has 0 aromatic heterocycles. The summed E-state index contributed by atoms with van der Waals surface area (Å²) < 4.78 is 13.8. The fourth-order valence-corrected chi connectivity index (χ4v) is 3.20. The maximum Gasteiger partial charge on any atom is 0.260 e. The Morgan fingerprint density at radius 1 is 1.22 bits per heavy atom. The van der Waals surface area contributed by atoms with Crippen molar-refractivity contribution in [3.05, 3.63) is 58.4 Å². The zero-order valence-electron chi connectivity index (χ0n) is 12.9. The maximum atomic E-state index is 13.8. The molecule has 1 saturated heterocycles. The summed E-state index contributed by atoms with van der Waals surface area (Å²) in [6.07, 6.45) is 2.42. The number of hydrogen-bond donors (Lipinski definition) is 1. The monoisotopic (exact) mass is 332 g/mol. The lowest BCUT2D eigenvalue weighted by Gasteiger charge is -2.20. The van der Waals surface area contributed by atoms with Gasteiger partial charge in [0.1, 0.15) is 5.82 Å². The Balaban J connectivity index is 1.80. The van der Waals surface area contributed by atoms with Crippen LogP contribution in [0.5, 0.6) is 0 Å². The highest BCUT2D eigenvalue weighted by atomic mass is 35.5. The normalized spacial score (nSPS) is 14.1. The van der Waals surface area contributed by atoms with Gasteiger partial charge in [-0.3, -0.25) is 4.79 Å². The first-order chi connectivity index (χ1) is 11.1. The third kappa shape index (κ3) is 3.32. The summed E-state index contributed by atoms with van der Waals surface area (Å²) >= 11 is 5.93. The SMILES string of the molecule is Cc1cc(NC(=O)c2c(F)cccc2Cl)ccc1N1CCCC1. The molecular weight excluding hydrogens is 315 g/mol. The highest BCUT2D eigenvalue weighted by Gasteiger charge is 2.17. The number of amides is 1. The fourth-order valence-electron chi connectivity index (χ4n) is 2.95. The van der Waals surface area contributed by atoms with Crippen LogP contribution in [0, 0.1) is 12.7 Å². The van der Waals surface area contributed by atoms with Gasteiger partial charge >= 0.3 is 0 Å². The Bertz CT molecular complexity index is 722. The molecule has 3 nitrogen and oxygen atoms in total. The molecule has 0 saturated carbocycles. The number of rotatable bonds is 3. The molecule has 1 aliphatic rings. The van der Waals surface area contributed by atoms with E-state index in [0.29, 0.717) is 5.69 Å². The van der Waals surface area contributed by atoms with Crippen molar-refractivity contribution < 1.29 is 9.18 Å². The Morgan fingerprint density at radius 3 is 2.61 bits per heavy atom. The molecule has 1 heterocycles. The molecule has 0 unspecified atom stereocenters. The van der Waals surface area contributed by atoms with E-state index in [9.17, 15) is 9.18 Å². The molecular formula is C18H18ClFN2O. The average Bonchev–Trinajstić information content (AvgIpc) is 3.01. The van der Waals surface area contributed by atoms with E-state index in [1.807, 2.05) is 25.1 Å². The number of nitrogens with one attached hydrogen (secondary N) is 1. The van der Waals surface area contributed by atoms with Crippen molar-refractivity contribution in [2.75, 3.05) is 23.3 Å². The highest BCUT2D eigenvalue weighted by Crippen LogP contribution is 2.27. The van der Waals surface area contributed by atoms with E-state index in [-0.39, 0.29) is 10.6 Å². The molecule has 0 bridgehead atoms. The highest BCUT2D eigenvalue weighted by molar-refractivity contribution is 6.34. The molecule has 3 rings (SSSR count). The molecule has 1 N–H and O–H groups in total. The number of carbonyl (C=O) groups is 1. The summed E-state index contributed by atoms with van der Waals surface area (Å²) in [5, 5.41) is 2.82. The second kappa shape index (κ2) is 6.59. The second-order valence-electron chi connectivity index (χ2n) is 5.75. The predicted molar refractivity (Wildman–Crippen MR) is 92.0 cm³/mol. The molecule has 23 heavy (non-hydrogen) atoms. The summed E-state index contributed by atoms with van der Waals surface area (Å²) in [6, 6.07) is 9.94. The lowest BCUT2D eigenvalue weighted by atomic mass is 10.1. The van der Waals surface area contributed by atoms with Gasteiger partial charge in [-0.1, -0.05) is 17.7 Å². The van der Waals surface area contributed by atoms with Gasteiger partial charge in [-0.15, -0.1) is 0 Å². The van der Waals surface area contributed by atoms with Crippen LogP contribution in [0.25, 0.3) is 0 Å². The van der Waals surface area contributed by atoms with Crippen LogP contribution in [0.1, 0.15) is 28.8 Å². The van der Waals surface area contributed by atoms with Crippen LogP contribution in [0.3, 0.4) is 0 Å². The van der Waals surface area contributed by atoms with Gasteiger partial charge in [-0.2, -0.15) is 0 Å². The summed E-state index contributed by atoms with van der Waals surface area (Å²) in [4.78, 5) is 14.6. The van der Waals surface area contributed by atoms with Crippen molar-refractivity contribution in [1.29, 1.82) is 0 Å².